The molecule has 0 aliphatic carbocycles. The number of hydrogen-bond acceptors (Lipinski definition) is 4. The lowest BCUT2D eigenvalue weighted by Crippen LogP contribution is -2.30. The number of nitrogens with zero attached hydrogens (tertiary/aromatic N) is 1. The molecule has 0 fully saturated rings. The van der Waals surface area contributed by atoms with Crippen LogP contribution in [0, 0.1) is 0 Å². The summed E-state index contributed by atoms with van der Waals surface area (Å²) in [6.45, 7) is 1.54. The van der Waals surface area contributed by atoms with Gasteiger partial charge in [0, 0.05) is 19.6 Å². The van der Waals surface area contributed by atoms with E-state index < -0.39 is 10.0 Å². The maximum absolute atomic E-state index is 11.7. The zero-order chi connectivity index (χ0) is 15.3. The van der Waals surface area contributed by atoms with Gasteiger partial charge in [-0.2, -0.15) is 0 Å². The van der Waals surface area contributed by atoms with E-state index in [1.54, 1.807) is 18.2 Å². The molecule has 112 valence electrons. The fourth-order valence-electron chi connectivity index (χ4n) is 2.20. The molecule has 21 heavy (non-hydrogen) atoms. The lowest BCUT2D eigenvalue weighted by atomic mass is 10.2. The van der Waals surface area contributed by atoms with Gasteiger partial charge in [-0.25, -0.2) is 13.6 Å². The molecule has 0 heterocycles. The smallest absolute Gasteiger partial charge is 0.240 e. The average molecular weight is 305 g/mol. The SMILES string of the molecule is NCCN(Cc1ccccc1)c1ccccc1S(N)(=O)=O. The fourth-order valence-corrected chi connectivity index (χ4v) is 2.96. The second-order valence-electron chi connectivity index (χ2n) is 4.71. The minimum absolute atomic E-state index is 0.120. The zero-order valence-electron chi connectivity index (χ0n) is 11.6. The Morgan fingerprint density at radius 3 is 2.19 bits per heavy atom. The molecule has 5 nitrogen and oxygen atoms in total. The highest BCUT2D eigenvalue weighted by Crippen LogP contribution is 2.25. The van der Waals surface area contributed by atoms with Gasteiger partial charge >= 0.3 is 0 Å². The molecule has 0 amide bonds. The molecule has 0 radical (unpaired) electrons. The molecule has 0 unspecified atom stereocenters. The van der Waals surface area contributed by atoms with E-state index in [-0.39, 0.29) is 4.90 Å². The van der Waals surface area contributed by atoms with Crippen molar-refractivity contribution in [2.75, 3.05) is 18.0 Å². The molecule has 6 heteroatoms. The van der Waals surface area contributed by atoms with Crippen LogP contribution in [0.3, 0.4) is 0 Å². The molecular formula is C15H19N3O2S. The maximum atomic E-state index is 11.7. The van der Waals surface area contributed by atoms with Gasteiger partial charge in [-0.15, -0.1) is 0 Å². The van der Waals surface area contributed by atoms with Crippen LogP contribution in [0.15, 0.2) is 59.5 Å². The summed E-state index contributed by atoms with van der Waals surface area (Å²) in [5, 5.41) is 5.30. The Morgan fingerprint density at radius 1 is 0.952 bits per heavy atom. The first-order chi connectivity index (χ1) is 10.0. The van der Waals surface area contributed by atoms with E-state index in [2.05, 4.69) is 0 Å². The van der Waals surface area contributed by atoms with Crippen LogP contribution in [0.1, 0.15) is 5.56 Å². The molecule has 2 aromatic carbocycles. The third-order valence-electron chi connectivity index (χ3n) is 3.13. The van der Waals surface area contributed by atoms with Crippen molar-refractivity contribution in [3.05, 3.63) is 60.2 Å². The Hall–Kier alpha value is -1.89. The summed E-state index contributed by atoms with van der Waals surface area (Å²) in [4.78, 5) is 2.05. The van der Waals surface area contributed by atoms with E-state index in [4.69, 9.17) is 10.9 Å². The van der Waals surface area contributed by atoms with Crippen molar-refractivity contribution in [2.45, 2.75) is 11.4 Å². The molecule has 4 N–H and O–H groups in total. The van der Waals surface area contributed by atoms with Crippen molar-refractivity contribution in [1.82, 2.24) is 0 Å². The van der Waals surface area contributed by atoms with E-state index in [1.165, 1.54) is 6.07 Å². The average Bonchev–Trinajstić information content (AvgIpc) is 2.47. The Bertz CT molecular complexity index is 687. The van der Waals surface area contributed by atoms with Crippen LogP contribution in [0.25, 0.3) is 0 Å². The molecule has 0 atom stereocenters. The number of benzene rings is 2. The van der Waals surface area contributed by atoms with Gasteiger partial charge in [0.15, 0.2) is 0 Å². The number of sulfonamides is 1. The van der Waals surface area contributed by atoms with Crippen LogP contribution < -0.4 is 15.8 Å². The topological polar surface area (TPSA) is 89.4 Å². The van der Waals surface area contributed by atoms with Crippen molar-refractivity contribution in [1.29, 1.82) is 0 Å². The monoisotopic (exact) mass is 305 g/mol. The molecule has 0 bridgehead atoms. The first kappa shape index (κ1) is 15.5. The molecule has 0 spiro atoms. The van der Waals surface area contributed by atoms with E-state index in [0.29, 0.717) is 25.3 Å². The van der Waals surface area contributed by atoms with Crippen molar-refractivity contribution in [3.63, 3.8) is 0 Å². The Labute approximate surface area is 125 Å². The number of hydrogen-bond donors (Lipinski definition) is 2. The number of para-hydroxylation sites is 1. The molecule has 2 aromatic rings. The van der Waals surface area contributed by atoms with Crippen LogP contribution in [-0.4, -0.2) is 21.5 Å². The standard InChI is InChI=1S/C15H19N3O2S/c16-10-11-18(12-13-6-2-1-3-7-13)14-8-4-5-9-15(14)21(17,19)20/h1-9H,10-12,16H2,(H2,17,19,20). The Balaban J connectivity index is 2.39. The minimum atomic E-state index is -3.77. The molecular weight excluding hydrogens is 286 g/mol. The predicted molar refractivity (Wildman–Crippen MR) is 84.4 cm³/mol. The van der Waals surface area contributed by atoms with Crippen LogP contribution in [-0.2, 0) is 16.6 Å². The van der Waals surface area contributed by atoms with Gasteiger partial charge in [0.2, 0.25) is 10.0 Å². The van der Waals surface area contributed by atoms with Gasteiger partial charge in [0.05, 0.1) is 5.69 Å². The lowest BCUT2D eigenvalue weighted by molar-refractivity contribution is 0.597. The quantitative estimate of drug-likeness (QED) is 0.842. The Morgan fingerprint density at radius 2 is 1.57 bits per heavy atom. The van der Waals surface area contributed by atoms with Crippen LogP contribution in [0.5, 0.6) is 0 Å². The highest BCUT2D eigenvalue weighted by atomic mass is 32.2. The third kappa shape index (κ3) is 4.04. The summed E-state index contributed by atoms with van der Waals surface area (Å²) in [7, 11) is -3.77. The van der Waals surface area contributed by atoms with Crippen molar-refractivity contribution >= 4 is 15.7 Å². The van der Waals surface area contributed by atoms with Gasteiger partial charge in [-0.05, 0) is 17.7 Å². The third-order valence-corrected chi connectivity index (χ3v) is 4.09. The first-order valence-corrected chi connectivity index (χ1v) is 8.18. The number of anilines is 1. The second-order valence-corrected chi connectivity index (χ2v) is 6.24. The summed E-state index contributed by atoms with van der Waals surface area (Å²) in [5.41, 5.74) is 7.31. The summed E-state index contributed by atoms with van der Waals surface area (Å²) >= 11 is 0. The lowest BCUT2D eigenvalue weighted by Gasteiger charge is -2.26. The molecule has 0 aromatic heterocycles. The van der Waals surface area contributed by atoms with Crippen LogP contribution in [0.2, 0.25) is 0 Å². The van der Waals surface area contributed by atoms with Crippen molar-refractivity contribution in [3.8, 4) is 0 Å². The predicted octanol–water partition coefficient (Wildman–Crippen LogP) is 1.30. The van der Waals surface area contributed by atoms with Gasteiger partial charge in [-0.1, -0.05) is 42.5 Å². The molecule has 0 aliphatic heterocycles. The molecule has 2 rings (SSSR count). The zero-order valence-corrected chi connectivity index (χ0v) is 12.5. The van der Waals surface area contributed by atoms with E-state index in [1.807, 2.05) is 35.2 Å². The summed E-state index contributed by atoms with van der Waals surface area (Å²) in [5.74, 6) is 0. The highest BCUT2D eigenvalue weighted by molar-refractivity contribution is 7.89. The number of rotatable bonds is 6. The van der Waals surface area contributed by atoms with E-state index in [9.17, 15) is 8.42 Å². The van der Waals surface area contributed by atoms with Gasteiger partial charge in [0.25, 0.3) is 0 Å². The minimum Gasteiger partial charge on any atom is -0.365 e. The van der Waals surface area contributed by atoms with Crippen molar-refractivity contribution in [2.24, 2.45) is 10.9 Å². The molecule has 0 saturated carbocycles. The second kappa shape index (κ2) is 6.71. The first-order valence-electron chi connectivity index (χ1n) is 6.63. The van der Waals surface area contributed by atoms with Gasteiger partial charge in [0.1, 0.15) is 4.90 Å². The van der Waals surface area contributed by atoms with Crippen molar-refractivity contribution < 1.29 is 8.42 Å². The maximum Gasteiger partial charge on any atom is 0.240 e. The molecule has 0 aliphatic rings. The largest absolute Gasteiger partial charge is 0.365 e. The van der Waals surface area contributed by atoms with Crippen LogP contribution >= 0.6 is 0 Å². The highest BCUT2D eigenvalue weighted by Gasteiger charge is 2.18. The number of nitrogens with two attached hydrogens (primary N) is 2. The Kier molecular flexibility index (Phi) is 4.95. The molecule has 0 saturated heterocycles. The summed E-state index contributed by atoms with van der Waals surface area (Å²) in [6.07, 6.45) is 0. The fraction of sp³-hybridized carbons (Fsp3) is 0.200. The van der Waals surface area contributed by atoms with E-state index in [0.717, 1.165) is 5.56 Å². The van der Waals surface area contributed by atoms with E-state index >= 15 is 0 Å². The van der Waals surface area contributed by atoms with Gasteiger partial charge in [-0.3, -0.25) is 0 Å². The van der Waals surface area contributed by atoms with Gasteiger partial charge < -0.3 is 10.6 Å². The van der Waals surface area contributed by atoms with Crippen LogP contribution in [0.4, 0.5) is 5.69 Å². The number of primary sulfonamides is 1. The normalized spacial score (nSPS) is 11.3. The summed E-state index contributed by atoms with van der Waals surface area (Å²) < 4.78 is 23.5. The summed E-state index contributed by atoms with van der Waals surface area (Å²) in [6, 6.07) is 16.5.